The van der Waals surface area contributed by atoms with Crippen molar-refractivity contribution >= 4 is 29.2 Å². The summed E-state index contributed by atoms with van der Waals surface area (Å²) in [5.41, 5.74) is 1.60. The highest BCUT2D eigenvalue weighted by molar-refractivity contribution is 6.32. The van der Waals surface area contributed by atoms with Crippen molar-refractivity contribution in [3.05, 3.63) is 58.6 Å². The van der Waals surface area contributed by atoms with Crippen LogP contribution in [0.2, 0.25) is 5.02 Å². The highest BCUT2D eigenvalue weighted by Crippen LogP contribution is 2.25. The van der Waals surface area contributed by atoms with Crippen LogP contribution < -0.4 is 10.6 Å². The maximum Gasteiger partial charge on any atom is 0.230 e. The second-order valence-electron chi connectivity index (χ2n) is 5.38. The lowest BCUT2D eigenvalue weighted by Crippen LogP contribution is -2.16. The van der Waals surface area contributed by atoms with Crippen LogP contribution in [0.3, 0.4) is 0 Å². The fraction of sp³-hybridized carbons (Fsp3) is 0.188. The number of nitrogens with zero attached hydrogens (tertiary/aromatic N) is 3. The Kier molecular flexibility index (Phi) is 5.11. The molecule has 2 heterocycles. The van der Waals surface area contributed by atoms with Gasteiger partial charge in [-0.1, -0.05) is 23.7 Å². The summed E-state index contributed by atoms with van der Waals surface area (Å²) in [4.78, 5) is 8.40. The quantitative estimate of drug-likeness (QED) is 0.537. The van der Waals surface area contributed by atoms with E-state index >= 15 is 0 Å². The van der Waals surface area contributed by atoms with Crippen LogP contribution in [0.4, 0.5) is 22.0 Å². The number of benzene rings is 1. The molecule has 2 aromatic heterocycles. The number of rotatable bonds is 6. The molecule has 3 aromatic rings. The summed E-state index contributed by atoms with van der Waals surface area (Å²) in [6.07, 6.45) is 1.44. The molecule has 3 rings (SSSR count). The van der Waals surface area contributed by atoms with Gasteiger partial charge in [0.2, 0.25) is 5.95 Å². The first-order chi connectivity index (χ1) is 12.0. The fourth-order valence-electron chi connectivity index (χ4n) is 2.22. The van der Waals surface area contributed by atoms with Crippen LogP contribution in [-0.2, 0) is 0 Å². The number of halogens is 2. The summed E-state index contributed by atoms with van der Waals surface area (Å²) in [6, 6.07) is 7.14. The van der Waals surface area contributed by atoms with Crippen molar-refractivity contribution in [1.29, 1.82) is 0 Å². The Labute approximate surface area is 148 Å². The number of aryl methyl sites for hydroxylation is 1. The molecule has 0 aliphatic carbocycles. The normalized spacial score (nSPS) is 12.0. The van der Waals surface area contributed by atoms with Gasteiger partial charge in [-0.15, -0.1) is 0 Å². The van der Waals surface area contributed by atoms with E-state index in [4.69, 9.17) is 11.6 Å². The molecule has 130 valence electrons. The van der Waals surface area contributed by atoms with Crippen molar-refractivity contribution in [3.8, 4) is 0 Å². The molecule has 7 nitrogen and oxygen atoms in total. The smallest absolute Gasteiger partial charge is 0.230 e. The van der Waals surface area contributed by atoms with Gasteiger partial charge in [0, 0.05) is 11.8 Å². The first kappa shape index (κ1) is 17.1. The highest BCUT2D eigenvalue weighted by Gasteiger charge is 2.14. The van der Waals surface area contributed by atoms with Crippen LogP contribution in [0.15, 0.2) is 36.5 Å². The van der Waals surface area contributed by atoms with E-state index in [0.717, 1.165) is 5.69 Å². The van der Waals surface area contributed by atoms with Crippen LogP contribution in [0.25, 0.3) is 0 Å². The van der Waals surface area contributed by atoms with Gasteiger partial charge in [0.05, 0.1) is 18.8 Å². The van der Waals surface area contributed by atoms with E-state index < -0.39 is 6.04 Å². The van der Waals surface area contributed by atoms with Gasteiger partial charge in [-0.2, -0.15) is 10.1 Å². The number of aliphatic hydroxyl groups excluding tert-OH is 1. The summed E-state index contributed by atoms with van der Waals surface area (Å²) >= 11 is 6.14. The molecular weight excluding hydrogens is 347 g/mol. The van der Waals surface area contributed by atoms with Gasteiger partial charge >= 0.3 is 0 Å². The number of H-pyrrole nitrogens is 1. The Morgan fingerprint density at radius 3 is 2.72 bits per heavy atom. The van der Waals surface area contributed by atoms with E-state index in [0.29, 0.717) is 28.2 Å². The number of aromatic amines is 1. The van der Waals surface area contributed by atoms with E-state index in [1.165, 1.54) is 18.3 Å². The van der Waals surface area contributed by atoms with Crippen molar-refractivity contribution < 1.29 is 9.50 Å². The third-order valence-electron chi connectivity index (χ3n) is 3.46. The summed E-state index contributed by atoms with van der Waals surface area (Å²) in [5, 5.41) is 22.8. The van der Waals surface area contributed by atoms with E-state index in [1.807, 2.05) is 6.92 Å². The second kappa shape index (κ2) is 7.45. The molecule has 0 fully saturated rings. The number of aromatic nitrogens is 4. The zero-order valence-corrected chi connectivity index (χ0v) is 14.0. The molecule has 1 atom stereocenters. The predicted octanol–water partition coefficient (Wildman–Crippen LogP) is 3.19. The fourth-order valence-corrected chi connectivity index (χ4v) is 2.37. The molecule has 0 unspecified atom stereocenters. The molecule has 25 heavy (non-hydrogen) atoms. The molecule has 0 amide bonds. The zero-order chi connectivity index (χ0) is 17.8. The van der Waals surface area contributed by atoms with Crippen molar-refractivity contribution in [2.75, 3.05) is 17.2 Å². The molecule has 4 N–H and O–H groups in total. The minimum atomic E-state index is -0.492. The van der Waals surface area contributed by atoms with Crippen LogP contribution in [0, 0.1) is 12.7 Å². The van der Waals surface area contributed by atoms with Crippen molar-refractivity contribution in [3.63, 3.8) is 0 Å². The van der Waals surface area contributed by atoms with Gasteiger partial charge in [-0.25, -0.2) is 9.37 Å². The maximum absolute atomic E-state index is 13.1. The SMILES string of the molecule is Cc1cc(Nc2ncc(Cl)c(N[C@@H](CO)c3ccc(F)cc3)n2)n[nH]1. The lowest BCUT2D eigenvalue weighted by Gasteiger charge is -2.18. The summed E-state index contributed by atoms with van der Waals surface area (Å²) in [7, 11) is 0. The van der Waals surface area contributed by atoms with Gasteiger partial charge in [-0.3, -0.25) is 5.10 Å². The highest BCUT2D eigenvalue weighted by atomic mass is 35.5. The molecular formula is C16H16ClFN6O. The summed E-state index contributed by atoms with van der Waals surface area (Å²) < 4.78 is 13.1. The molecule has 0 radical (unpaired) electrons. The van der Waals surface area contributed by atoms with Gasteiger partial charge in [-0.05, 0) is 24.6 Å². The third kappa shape index (κ3) is 4.23. The average molecular weight is 363 g/mol. The Bertz CT molecular complexity index is 854. The number of hydrogen-bond acceptors (Lipinski definition) is 6. The Hall–Kier alpha value is -2.71. The zero-order valence-electron chi connectivity index (χ0n) is 13.3. The summed E-state index contributed by atoms with van der Waals surface area (Å²) in [6.45, 7) is 1.66. The average Bonchev–Trinajstić information content (AvgIpc) is 3.01. The van der Waals surface area contributed by atoms with E-state index in [1.54, 1.807) is 18.2 Å². The Balaban J connectivity index is 1.80. The van der Waals surface area contributed by atoms with Crippen LogP contribution in [-0.4, -0.2) is 31.9 Å². The Morgan fingerprint density at radius 2 is 2.08 bits per heavy atom. The maximum atomic E-state index is 13.1. The van der Waals surface area contributed by atoms with Crippen LogP contribution in [0.5, 0.6) is 0 Å². The molecule has 0 saturated heterocycles. The lowest BCUT2D eigenvalue weighted by molar-refractivity contribution is 0.276. The van der Waals surface area contributed by atoms with Crippen LogP contribution in [0.1, 0.15) is 17.3 Å². The standard InChI is InChI=1S/C16H16ClFN6O/c1-9-6-14(24-23-9)21-16-19-7-12(17)15(22-16)20-13(8-25)10-2-4-11(18)5-3-10/h2-7,13,25H,8H2,1H3,(H3,19,20,21,22,23,24)/t13-/m0/s1. The minimum absolute atomic E-state index is 0.215. The monoisotopic (exact) mass is 362 g/mol. The molecule has 0 saturated carbocycles. The van der Waals surface area contributed by atoms with Crippen molar-refractivity contribution in [1.82, 2.24) is 20.2 Å². The first-order valence-corrected chi connectivity index (χ1v) is 7.87. The third-order valence-corrected chi connectivity index (χ3v) is 3.73. The Morgan fingerprint density at radius 1 is 1.32 bits per heavy atom. The molecule has 0 aliphatic heterocycles. The van der Waals surface area contributed by atoms with E-state index in [9.17, 15) is 9.50 Å². The number of hydrogen-bond donors (Lipinski definition) is 4. The largest absolute Gasteiger partial charge is 0.394 e. The van der Waals surface area contributed by atoms with Gasteiger partial charge in [0.25, 0.3) is 0 Å². The molecule has 0 aliphatic rings. The van der Waals surface area contributed by atoms with E-state index in [-0.39, 0.29) is 12.4 Å². The predicted molar refractivity (Wildman–Crippen MR) is 93.5 cm³/mol. The first-order valence-electron chi connectivity index (χ1n) is 7.49. The molecule has 0 bridgehead atoms. The number of anilines is 3. The van der Waals surface area contributed by atoms with Gasteiger partial charge in [0.15, 0.2) is 11.6 Å². The lowest BCUT2D eigenvalue weighted by atomic mass is 10.1. The van der Waals surface area contributed by atoms with Gasteiger partial charge in [0.1, 0.15) is 10.8 Å². The molecule has 0 spiro atoms. The second-order valence-corrected chi connectivity index (χ2v) is 5.79. The molecule has 1 aromatic carbocycles. The van der Waals surface area contributed by atoms with Crippen LogP contribution >= 0.6 is 11.6 Å². The topological polar surface area (TPSA) is 98.8 Å². The molecule has 9 heteroatoms. The van der Waals surface area contributed by atoms with Gasteiger partial charge < -0.3 is 15.7 Å². The van der Waals surface area contributed by atoms with E-state index in [2.05, 4.69) is 30.8 Å². The summed E-state index contributed by atoms with van der Waals surface area (Å²) in [5.74, 6) is 0.869. The number of nitrogens with one attached hydrogen (secondary N) is 3. The van der Waals surface area contributed by atoms with Crippen molar-refractivity contribution in [2.45, 2.75) is 13.0 Å². The van der Waals surface area contributed by atoms with Crippen molar-refractivity contribution in [2.24, 2.45) is 0 Å². The minimum Gasteiger partial charge on any atom is -0.394 e. The number of aliphatic hydroxyl groups is 1.